The van der Waals surface area contributed by atoms with E-state index in [2.05, 4.69) is 38.6 Å². The van der Waals surface area contributed by atoms with Crippen molar-refractivity contribution in [3.63, 3.8) is 0 Å². The van der Waals surface area contributed by atoms with Crippen LogP contribution in [0.4, 0.5) is 0 Å². The first-order valence-corrected chi connectivity index (χ1v) is 11.2. The highest BCUT2D eigenvalue weighted by Crippen LogP contribution is 2.44. The normalized spacial score (nSPS) is 12.2. The predicted octanol–water partition coefficient (Wildman–Crippen LogP) is 6.08. The summed E-state index contributed by atoms with van der Waals surface area (Å²) in [7, 11) is 0. The van der Waals surface area contributed by atoms with E-state index in [1.807, 2.05) is 77.9 Å². The van der Waals surface area contributed by atoms with Gasteiger partial charge in [-0.25, -0.2) is 0 Å². The molecule has 5 aromatic heterocycles. The molecule has 5 heterocycles. The molecule has 0 bridgehead atoms. The molecule has 34 heavy (non-hydrogen) atoms. The van der Waals surface area contributed by atoms with Crippen LogP contribution < -0.4 is 5.56 Å². The van der Waals surface area contributed by atoms with Gasteiger partial charge in [0.1, 0.15) is 0 Å². The summed E-state index contributed by atoms with van der Waals surface area (Å²) in [6.45, 7) is 0. The number of fused-ring (bicyclic) bond motifs is 10. The van der Waals surface area contributed by atoms with Gasteiger partial charge in [0.15, 0.2) is 0 Å². The Kier molecular flexibility index (Phi) is 3.22. The van der Waals surface area contributed by atoms with Crippen molar-refractivity contribution in [3.8, 4) is 5.69 Å². The Balaban J connectivity index is 1.81. The minimum Gasteiger partial charge on any atom is -0.305 e. The molecule has 0 fully saturated rings. The fourth-order valence-corrected chi connectivity index (χ4v) is 5.70. The van der Waals surface area contributed by atoms with Crippen molar-refractivity contribution in [3.05, 3.63) is 108 Å². The number of aromatic nitrogens is 4. The van der Waals surface area contributed by atoms with Gasteiger partial charge in [-0.2, -0.15) is 0 Å². The van der Waals surface area contributed by atoms with E-state index in [0.717, 1.165) is 60.1 Å². The largest absolute Gasteiger partial charge is 0.305 e. The Morgan fingerprint density at radius 1 is 0.588 bits per heavy atom. The van der Waals surface area contributed by atoms with E-state index >= 15 is 0 Å². The van der Waals surface area contributed by atoms with E-state index < -0.39 is 0 Å². The molecular formula is C29H16N4O. The summed E-state index contributed by atoms with van der Waals surface area (Å²) in [5, 5.41) is 7.23. The minimum absolute atomic E-state index is 0.0146. The molecule has 0 N–H and O–H groups in total. The van der Waals surface area contributed by atoms with Crippen molar-refractivity contribution in [1.29, 1.82) is 0 Å². The molecule has 0 amide bonds. The van der Waals surface area contributed by atoms with Crippen LogP contribution in [0.5, 0.6) is 0 Å². The summed E-state index contributed by atoms with van der Waals surface area (Å²) >= 11 is 0. The first-order valence-electron chi connectivity index (χ1n) is 11.2. The predicted molar refractivity (Wildman–Crippen MR) is 137 cm³/mol. The molecule has 0 unspecified atom stereocenters. The number of pyridine rings is 3. The third kappa shape index (κ3) is 2.02. The molecule has 0 aliphatic carbocycles. The third-order valence-electron chi connectivity index (χ3n) is 7.03. The van der Waals surface area contributed by atoms with Crippen LogP contribution in [0.1, 0.15) is 0 Å². The first-order chi connectivity index (χ1) is 16.8. The second-order valence-corrected chi connectivity index (χ2v) is 8.68. The lowest BCUT2D eigenvalue weighted by Gasteiger charge is -2.15. The maximum atomic E-state index is 13.9. The molecule has 0 aliphatic rings. The van der Waals surface area contributed by atoms with Crippen molar-refractivity contribution >= 4 is 59.8 Å². The van der Waals surface area contributed by atoms with Crippen molar-refractivity contribution in [2.45, 2.75) is 0 Å². The maximum absolute atomic E-state index is 13.9. The topological polar surface area (TPSA) is 52.2 Å². The van der Waals surface area contributed by atoms with E-state index in [1.165, 1.54) is 0 Å². The van der Waals surface area contributed by atoms with Crippen LogP contribution in [0.2, 0.25) is 0 Å². The molecule has 0 saturated heterocycles. The van der Waals surface area contributed by atoms with Gasteiger partial charge in [-0.05, 0) is 41.8 Å². The zero-order valence-corrected chi connectivity index (χ0v) is 17.9. The molecule has 5 nitrogen and oxygen atoms in total. The van der Waals surface area contributed by atoms with E-state index in [0.29, 0.717) is 5.39 Å². The highest BCUT2D eigenvalue weighted by Gasteiger charge is 2.23. The zero-order valence-electron chi connectivity index (χ0n) is 17.9. The monoisotopic (exact) mass is 436 g/mol. The number of hydrogen-bond acceptors (Lipinski definition) is 3. The molecule has 158 valence electrons. The molecule has 0 atom stereocenters. The smallest absolute Gasteiger partial charge is 0.263 e. The van der Waals surface area contributed by atoms with Crippen LogP contribution in [0, 0.1) is 0 Å². The van der Waals surface area contributed by atoms with Crippen LogP contribution in [0.3, 0.4) is 0 Å². The third-order valence-corrected chi connectivity index (χ3v) is 7.03. The quantitative estimate of drug-likeness (QED) is 0.293. The summed E-state index contributed by atoms with van der Waals surface area (Å²) in [6.07, 6.45) is 7.49. The number of benzene rings is 3. The average molecular weight is 436 g/mol. The lowest BCUT2D eigenvalue weighted by atomic mass is 9.98. The van der Waals surface area contributed by atoms with Gasteiger partial charge in [0.25, 0.3) is 5.56 Å². The second kappa shape index (κ2) is 6.17. The van der Waals surface area contributed by atoms with Gasteiger partial charge in [-0.3, -0.25) is 19.3 Å². The minimum atomic E-state index is -0.0146. The van der Waals surface area contributed by atoms with Gasteiger partial charge in [0.2, 0.25) is 0 Å². The highest BCUT2D eigenvalue weighted by atomic mass is 16.1. The van der Waals surface area contributed by atoms with Gasteiger partial charge in [-0.15, -0.1) is 0 Å². The maximum Gasteiger partial charge on any atom is 0.263 e. The van der Waals surface area contributed by atoms with Crippen LogP contribution in [0.15, 0.2) is 102 Å². The second-order valence-electron chi connectivity index (χ2n) is 8.68. The van der Waals surface area contributed by atoms with Gasteiger partial charge in [-0.1, -0.05) is 36.4 Å². The van der Waals surface area contributed by atoms with Crippen LogP contribution in [0.25, 0.3) is 65.5 Å². The first kappa shape index (κ1) is 17.7. The van der Waals surface area contributed by atoms with Crippen LogP contribution in [-0.4, -0.2) is 18.9 Å². The average Bonchev–Trinajstić information content (AvgIpc) is 3.41. The summed E-state index contributed by atoms with van der Waals surface area (Å²) in [4.78, 5) is 22.7. The summed E-state index contributed by atoms with van der Waals surface area (Å²) in [6, 6.07) is 24.1. The summed E-state index contributed by atoms with van der Waals surface area (Å²) < 4.78 is 4.12. The van der Waals surface area contributed by atoms with Crippen LogP contribution >= 0.6 is 0 Å². The Morgan fingerprint density at radius 3 is 2.06 bits per heavy atom. The Morgan fingerprint density at radius 2 is 1.26 bits per heavy atom. The standard InChI is InChI=1S/C29H16N4O/c34-29-20-9-5-4-8-19(20)26-23(32(29)17-6-2-1-3-7-17)14-22-18-10-12-30-15-24(18)33-25-16-31-13-11-21(25)27(26)28(22)33/h1-16H. The van der Waals surface area contributed by atoms with E-state index in [1.54, 1.807) is 0 Å². The summed E-state index contributed by atoms with van der Waals surface area (Å²) in [5.41, 5.74) is 4.96. The Hall–Kier alpha value is -4.77. The number of para-hydroxylation sites is 1. The lowest BCUT2D eigenvalue weighted by Crippen LogP contribution is -2.19. The van der Waals surface area contributed by atoms with Gasteiger partial charge in [0.05, 0.1) is 34.5 Å². The highest BCUT2D eigenvalue weighted by molar-refractivity contribution is 6.34. The molecule has 0 radical (unpaired) electrons. The molecule has 8 aromatic rings. The van der Waals surface area contributed by atoms with Crippen molar-refractivity contribution in [2.75, 3.05) is 0 Å². The van der Waals surface area contributed by atoms with E-state index in [9.17, 15) is 4.79 Å². The summed E-state index contributed by atoms with van der Waals surface area (Å²) in [5.74, 6) is 0. The molecule has 0 aliphatic heterocycles. The van der Waals surface area contributed by atoms with E-state index in [-0.39, 0.29) is 5.56 Å². The SMILES string of the molecule is O=c1c2ccccc2c2c3c4ccncc4n4c5cnccc5c(cc2n1-c1ccccc1)c34. The Bertz CT molecular complexity index is 2140. The zero-order chi connectivity index (χ0) is 22.4. The molecule has 0 spiro atoms. The van der Waals surface area contributed by atoms with Crippen molar-refractivity contribution in [2.24, 2.45) is 0 Å². The molecule has 3 aromatic carbocycles. The molecule has 0 saturated carbocycles. The molecule has 5 heteroatoms. The van der Waals surface area contributed by atoms with Gasteiger partial charge < -0.3 is 4.40 Å². The Labute approximate surface area is 192 Å². The number of nitrogens with zero attached hydrogens (tertiary/aromatic N) is 4. The van der Waals surface area contributed by atoms with Crippen molar-refractivity contribution in [1.82, 2.24) is 18.9 Å². The number of rotatable bonds is 1. The van der Waals surface area contributed by atoms with Crippen molar-refractivity contribution < 1.29 is 0 Å². The van der Waals surface area contributed by atoms with Crippen LogP contribution in [-0.2, 0) is 0 Å². The molecular weight excluding hydrogens is 420 g/mol. The van der Waals surface area contributed by atoms with E-state index in [4.69, 9.17) is 0 Å². The fourth-order valence-electron chi connectivity index (χ4n) is 5.70. The van der Waals surface area contributed by atoms with Gasteiger partial charge in [0, 0.05) is 50.4 Å². The number of hydrogen-bond donors (Lipinski definition) is 0. The fraction of sp³-hybridized carbons (Fsp3) is 0. The van der Waals surface area contributed by atoms with Gasteiger partial charge >= 0.3 is 0 Å². The molecule has 8 rings (SSSR count). The lowest BCUT2D eigenvalue weighted by molar-refractivity contribution is 1.06.